The number of nitrogens with one attached hydrogen (secondary N) is 2. The highest BCUT2D eigenvalue weighted by atomic mass is 79.9. The standard InChI is InChI=1S/C16H16BrN3O2/c17-13-7-10(8-19-16(13)22)15(21)20-14-3-1-2-9-6-11(18)4-5-12(9)14/h4-8,14H,1-3,18H2,(H,19,22)(H,20,21). The van der Waals surface area contributed by atoms with Gasteiger partial charge in [0.1, 0.15) is 0 Å². The predicted octanol–water partition coefficient (Wildman–Crippen LogP) is 2.53. The molecule has 6 heteroatoms. The number of pyridine rings is 1. The van der Waals surface area contributed by atoms with Crippen molar-refractivity contribution in [1.29, 1.82) is 0 Å². The predicted molar refractivity (Wildman–Crippen MR) is 88.8 cm³/mol. The maximum atomic E-state index is 12.4. The van der Waals surface area contributed by atoms with Crippen LogP contribution in [0.25, 0.3) is 0 Å². The molecular weight excluding hydrogens is 346 g/mol. The molecule has 1 aromatic heterocycles. The lowest BCUT2D eigenvalue weighted by atomic mass is 9.87. The zero-order chi connectivity index (χ0) is 15.7. The van der Waals surface area contributed by atoms with E-state index in [0.29, 0.717) is 10.0 Å². The van der Waals surface area contributed by atoms with E-state index in [1.54, 1.807) is 0 Å². The van der Waals surface area contributed by atoms with Gasteiger partial charge in [-0.1, -0.05) is 6.07 Å². The third kappa shape index (κ3) is 2.92. The van der Waals surface area contributed by atoms with Crippen molar-refractivity contribution in [3.8, 4) is 0 Å². The number of benzene rings is 1. The first kappa shape index (κ1) is 14.8. The summed E-state index contributed by atoms with van der Waals surface area (Å²) in [6.45, 7) is 0. The molecule has 0 aliphatic heterocycles. The summed E-state index contributed by atoms with van der Waals surface area (Å²) in [6.07, 6.45) is 4.32. The van der Waals surface area contributed by atoms with E-state index < -0.39 is 0 Å². The van der Waals surface area contributed by atoms with Crippen molar-refractivity contribution >= 4 is 27.5 Å². The smallest absolute Gasteiger partial charge is 0.262 e. The maximum Gasteiger partial charge on any atom is 0.262 e. The van der Waals surface area contributed by atoms with Crippen molar-refractivity contribution in [2.75, 3.05) is 5.73 Å². The van der Waals surface area contributed by atoms with E-state index in [2.05, 4.69) is 26.2 Å². The van der Waals surface area contributed by atoms with Gasteiger partial charge in [-0.25, -0.2) is 0 Å². The lowest BCUT2D eigenvalue weighted by Crippen LogP contribution is -2.31. The van der Waals surface area contributed by atoms with Crippen molar-refractivity contribution in [3.05, 3.63) is 62.0 Å². The summed E-state index contributed by atoms with van der Waals surface area (Å²) in [6, 6.07) is 7.32. The Morgan fingerprint density at radius 2 is 2.18 bits per heavy atom. The zero-order valence-electron chi connectivity index (χ0n) is 11.9. The molecule has 114 valence electrons. The van der Waals surface area contributed by atoms with Crippen LogP contribution in [0.1, 0.15) is 40.4 Å². The Labute approximate surface area is 136 Å². The zero-order valence-corrected chi connectivity index (χ0v) is 13.4. The van der Waals surface area contributed by atoms with E-state index in [9.17, 15) is 9.59 Å². The number of nitrogens with two attached hydrogens (primary N) is 1. The number of amides is 1. The summed E-state index contributed by atoms with van der Waals surface area (Å²) in [4.78, 5) is 26.2. The topological polar surface area (TPSA) is 88.0 Å². The van der Waals surface area contributed by atoms with Crippen LogP contribution in [0.15, 0.2) is 39.7 Å². The number of aromatic nitrogens is 1. The summed E-state index contributed by atoms with van der Waals surface area (Å²) >= 11 is 3.14. The molecule has 0 fully saturated rings. The molecule has 1 aliphatic carbocycles. The largest absolute Gasteiger partial charge is 0.399 e. The van der Waals surface area contributed by atoms with E-state index >= 15 is 0 Å². The molecule has 0 saturated heterocycles. The van der Waals surface area contributed by atoms with Crippen LogP contribution in [0, 0.1) is 0 Å². The number of H-pyrrole nitrogens is 1. The molecule has 1 heterocycles. The molecule has 1 aliphatic rings. The third-order valence-electron chi connectivity index (χ3n) is 3.91. The Balaban J connectivity index is 1.83. The summed E-state index contributed by atoms with van der Waals surface area (Å²) in [5.74, 6) is -0.202. The fourth-order valence-electron chi connectivity index (χ4n) is 2.81. The minimum Gasteiger partial charge on any atom is -0.399 e. The molecule has 2 aromatic rings. The number of carbonyl (C=O) groups excluding carboxylic acids is 1. The highest BCUT2D eigenvalue weighted by Gasteiger charge is 2.22. The highest BCUT2D eigenvalue weighted by Crippen LogP contribution is 2.31. The van der Waals surface area contributed by atoms with Crippen LogP contribution >= 0.6 is 15.9 Å². The Morgan fingerprint density at radius 1 is 1.36 bits per heavy atom. The van der Waals surface area contributed by atoms with Crippen LogP contribution in [-0.4, -0.2) is 10.9 Å². The lowest BCUT2D eigenvalue weighted by molar-refractivity contribution is 0.0932. The number of carbonyl (C=O) groups is 1. The molecule has 1 atom stereocenters. The van der Waals surface area contributed by atoms with Gasteiger partial charge >= 0.3 is 0 Å². The number of halogens is 1. The van der Waals surface area contributed by atoms with Crippen LogP contribution in [0.2, 0.25) is 0 Å². The molecule has 4 N–H and O–H groups in total. The second-order valence-corrected chi connectivity index (χ2v) is 6.30. The number of hydrogen-bond donors (Lipinski definition) is 3. The fourth-order valence-corrected chi connectivity index (χ4v) is 3.17. The maximum absolute atomic E-state index is 12.4. The fraction of sp³-hybridized carbons (Fsp3) is 0.250. The second-order valence-electron chi connectivity index (χ2n) is 5.44. The van der Waals surface area contributed by atoms with Gasteiger partial charge in [0.05, 0.1) is 16.1 Å². The van der Waals surface area contributed by atoms with Gasteiger partial charge in [0, 0.05) is 11.9 Å². The van der Waals surface area contributed by atoms with Gasteiger partial charge in [-0.3, -0.25) is 9.59 Å². The van der Waals surface area contributed by atoms with Crippen molar-refractivity contribution in [2.24, 2.45) is 0 Å². The summed E-state index contributed by atoms with van der Waals surface area (Å²) < 4.78 is 0.344. The lowest BCUT2D eigenvalue weighted by Gasteiger charge is -2.26. The summed E-state index contributed by atoms with van der Waals surface area (Å²) in [7, 11) is 0. The first-order chi connectivity index (χ1) is 10.5. The monoisotopic (exact) mass is 361 g/mol. The van der Waals surface area contributed by atoms with E-state index in [-0.39, 0.29) is 17.5 Å². The minimum absolute atomic E-state index is 0.0254. The highest BCUT2D eigenvalue weighted by molar-refractivity contribution is 9.10. The molecule has 0 radical (unpaired) electrons. The summed E-state index contributed by atoms with van der Waals surface area (Å²) in [5, 5.41) is 3.03. The molecule has 1 amide bonds. The van der Waals surface area contributed by atoms with Crippen molar-refractivity contribution in [2.45, 2.75) is 25.3 Å². The number of aromatic amines is 1. The number of nitrogen functional groups attached to an aromatic ring is 1. The van der Waals surface area contributed by atoms with Gasteiger partial charge in [-0.05, 0) is 64.5 Å². The van der Waals surface area contributed by atoms with Crippen LogP contribution in [0.4, 0.5) is 5.69 Å². The van der Waals surface area contributed by atoms with Crippen LogP contribution in [0.5, 0.6) is 0 Å². The third-order valence-corrected chi connectivity index (χ3v) is 4.50. The minimum atomic E-state index is -0.255. The number of anilines is 1. The van der Waals surface area contributed by atoms with Gasteiger partial charge in [0.2, 0.25) is 0 Å². The number of rotatable bonds is 2. The average molecular weight is 362 g/mol. The molecule has 1 aromatic carbocycles. The second kappa shape index (κ2) is 5.96. The van der Waals surface area contributed by atoms with Crippen molar-refractivity contribution in [1.82, 2.24) is 10.3 Å². The Bertz CT molecular complexity index is 785. The van der Waals surface area contributed by atoms with Gasteiger partial charge in [-0.2, -0.15) is 0 Å². The number of aryl methyl sites for hydroxylation is 1. The SMILES string of the molecule is Nc1ccc2c(c1)CCCC2NC(=O)c1c[nH]c(=O)c(Br)c1. The molecule has 22 heavy (non-hydrogen) atoms. The Morgan fingerprint density at radius 3 is 2.95 bits per heavy atom. The Hall–Kier alpha value is -2.08. The van der Waals surface area contributed by atoms with E-state index in [1.165, 1.54) is 17.8 Å². The first-order valence-electron chi connectivity index (χ1n) is 7.12. The van der Waals surface area contributed by atoms with E-state index in [4.69, 9.17) is 5.73 Å². The molecule has 0 saturated carbocycles. The molecule has 0 spiro atoms. The molecule has 3 rings (SSSR count). The van der Waals surface area contributed by atoms with Crippen molar-refractivity contribution < 1.29 is 4.79 Å². The van der Waals surface area contributed by atoms with Crippen LogP contribution in [-0.2, 0) is 6.42 Å². The van der Waals surface area contributed by atoms with Gasteiger partial charge in [0.15, 0.2) is 0 Å². The van der Waals surface area contributed by atoms with Crippen LogP contribution in [0.3, 0.4) is 0 Å². The molecule has 0 bridgehead atoms. The molecular formula is C16H16BrN3O2. The summed E-state index contributed by atoms with van der Waals surface area (Å²) in [5.41, 5.74) is 9.06. The van der Waals surface area contributed by atoms with Gasteiger partial charge in [-0.15, -0.1) is 0 Å². The van der Waals surface area contributed by atoms with E-state index in [1.807, 2.05) is 18.2 Å². The van der Waals surface area contributed by atoms with Crippen LogP contribution < -0.4 is 16.6 Å². The van der Waals surface area contributed by atoms with Crippen molar-refractivity contribution in [3.63, 3.8) is 0 Å². The number of hydrogen-bond acceptors (Lipinski definition) is 3. The first-order valence-corrected chi connectivity index (χ1v) is 7.91. The molecule has 5 nitrogen and oxygen atoms in total. The Kier molecular flexibility index (Phi) is 4.02. The normalized spacial score (nSPS) is 16.9. The number of fused-ring (bicyclic) bond motifs is 1. The quantitative estimate of drug-likeness (QED) is 0.718. The average Bonchev–Trinajstić information content (AvgIpc) is 2.50. The van der Waals surface area contributed by atoms with Gasteiger partial charge < -0.3 is 16.0 Å². The molecule has 1 unspecified atom stereocenters. The van der Waals surface area contributed by atoms with Gasteiger partial charge in [0.25, 0.3) is 11.5 Å². The van der Waals surface area contributed by atoms with E-state index in [0.717, 1.165) is 30.5 Å².